The summed E-state index contributed by atoms with van der Waals surface area (Å²) in [5, 5.41) is 11.2. The molecule has 118 valence electrons. The maximum Gasteiger partial charge on any atom is 0.293 e. The second-order valence-electron chi connectivity index (χ2n) is 6.89. The lowest BCUT2D eigenvalue weighted by molar-refractivity contribution is -0.386. The highest BCUT2D eigenvalue weighted by atomic mass is 28.4. The maximum absolute atomic E-state index is 11.2. The van der Waals surface area contributed by atoms with Crippen molar-refractivity contribution in [3.63, 3.8) is 0 Å². The summed E-state index contributed by atoms with van der Waals surface area (Å²) < 4.78 is 12.3. The Balaban J connectivity index is 1.91. The van der Waals surface area contributed by atoms with E-state index in [1.165, 1.54) is 6.20 Å². The van der Waals surface area contributed by atoms with Gasteiger partial charge in [0.25, 0.3) is 5.69 Å². The van der Waals surface area contributed by atoms with Gasteiger partial charge in [-0.25, -0.2) is 0 Å². The van der Waals surface area contributed by atoms with Crippen LogP contribution in [0.15, 0.2) is 30.3 Å². The van der Waals surface area contributed by atoms with E-state index in [0.717, 1.165) is 18.6 Å². The molecule has 1 aliphatic carbocycles. The molecule has 0 bridgehead atoms. The third kappa shape index (κ3) is 3.20. The largest absolute Gasteiger partial charge is 0.547 e. The van der Waals surface area contributed by atoms with Gasteiger partial charge in [-0.3, -0.25) is 15.1 Å². The summed E-state index contributed by atoms with van der Waals surface area (Å²) >= 11 is 0. The number of rotatable bonds is 4. The zero-order valence-corrected chi connectivity index (χ0v) is 14.0. The molecule has 1 aromatic rings. The molecule has 1 aliphatic heterocycles. The Morgan fingerprint density at radius 3 is 2.77 bits per heavy atom. The average Bonchev–Trinajstić information content (AvgIpc) is 3.14. The van der Waals surface area contributed by atoms with Crippen molar-refractivity contribution in [1.82, 2.24) is 4.98 Å². The van der Waals surface area contributed by atoms with Crippen LogP contribution in [0, 0.1) is 10.1 Å². The third-order valence-corrected chi connectivity index (χ3v) is 4.62. The van der Waals surface area contributed by atoms with Crippen molar-refractivity contribution in [1.29, 1.82) is 0 Å². The van der Waals surface area contributed by atoms with E-state index in [-0.39, 0.29) is 17.4 Å². The minimum atomic E-state index is -1.72. The molecular weight excluding hydrogens is 300 g/mol. The van der Waals surface area contributed by atoms with Crippen molar-refractivity contribution in [2.75, 3.05) is 0 Å². The summed E-state index contributed by atoms with van der Waals surface area (Å²) in [6.07, 6.45) is 7.02. The molecule has 2 heterocycles. The van der Waals surface area contributed by atoms with E-state index >= 15 is 0 Å². The second-order valence-corrected chi connectivity index (χ2v) is 11.3. The highest BCUT2D eigenvalue weighted by molar-refractivity contribution is 6.70. The van der Waals surface area contributed by atoms with Gasteiger partial charge in [0.15, 0.2) is 0 Å². The number of hydrogen-bond acceptors (Lipinski definition) is 5. The molecule has 22 heavy (non-hydrogen) atoms. The fourth-order valence-electron chi connectivity index (χ4n) is 2.74. The number of hydrogen-bond donors (Lipinski definition) is 0. The van der Waals surface area contributed by atoms with E-state index in [0.29, 0.717) is 12.0 Å². The molecule has 1 aromatic heterocycles. The smallest absolute Gasteiger partial charge is 0.293 e. The Hall–Kier alpha value is -1.73. The standard InChI is InChI=1S/C15H20N2O4Si/c1-22(2,3)21-11-8-14(20-15(9-11)5-6-15)12-4-7-16-10-13(12)17(18)19/h4,7,9-10,14H,5-6,8H2,1-3H3. The van der Waals surface area contributed by atoms with Crippen LogP contribution >= 0.6 is 0 Å². The van der Waals surface area contributed by atoms with Gasteiger partial charge in [-0.05, 0) is 44.6 Å². The summed E-state index contributed by atoms with van der Waals surface area (Å²) in [5.74, 6) is 0.916. The van der Waals surface area contributed by atoms with Crippen LogP contribution in [0.2, 0.25) is 19.6 Å². The van der Waals surface area contributed by atoms with Crippen LogP contribution < -0.4 is 0 Å². The first-order valence-electron chi connectivity index (χ1n) is 7.45. The van der Waals surface area contributed by atoms with Crippen LogP contribution in [0.25, 0.3) is 0 Å². The number of nitro groups is 1. The van der Waals surface area contributed by atoms with Gasteiger partial charge in [-0.15, -0.1) is 0 Å². The van der Waals surface area contributed by atoms with Crippen molar-refractivity contribution >= 4 is 14.0 Å². The Kier molecular flexibility index (Phi) is 3.57. The van der Waals surface area contributed by atoms with Gasteiger partial charge in [0.1, 0.15) is 6.20 Å². The highest BCUT2D eigenvalue weighted by Gasteiger charge is 2.48. The monoisotopic (exact) mass is 320 g/mol. The first-order valence-corrected chi connectivity index (χ1v) is 10.9. The Morgan fingerprint density at radius 2 is 2.18 bits per heavy atom. The normalized spacial score (nSPS) is 23.0. The minimum Gasteiger partial charge on any atom is -0.547 e. The van der Waals surface area contributed by atoms with Gasteiger partial charge in [0, 0.05) is 12.6 Å². The summed E-state index contributed by atoms with van der Waals surface area (Å²) in [4.78, 5) is 14.7. The molecule has 0 saturated heterocycles. The molecule has 0 N–H and O–H groups in total. The molecular formula is C15H20N2O4Si. The fraction of sp³-hybridized carbons (Fsp3) is 0.533. The Bertz CT molecular complexity index is 635. The molecule has 0 radical (unpaired) electrons. The Labute approximate surface area is 130 Å². The first-order chi connectivity index (χ1) is 10.3. The molecule has 0 aromatic carbocycles. The fourth-order valence-corrected chi connectivity index (χ4v) is 3.67. The summed E-state index contributed by atoms with van der Waals surface area (Å²) in [6, 6.07) is 1.68. The molecule has 1 spiro atoms. The van der Waals surface area contributed by atoms with E-state index in [1.807, 2.05) is 0 Å². The highest BCUT2D eigenvalue weighted by Crippen LogP contribution is 2.51. The molecule has 1 atom stereocenters. The molecule has 1 unspecified atom stereocenters. The number of aromatic nitrogens is 1. The molecule has 6 nitrogen and oxygen atoms in total. The van der Waals surface area contributed by atoms with Crippen LogP contribution in [0.1, 0.15) is 30.9 Å². The van der Waals surface area contributed by atoms with E-state index in [1.54, 1.807) is 12.3 Å². The third-order valence-electron chi connectivity index (χ3n) is 3.74. The van der Waals surface area contributed by atoms with Gasteiger partial charge >= 0.3 is 0 Å². The second kappa shape index (κ2) is 5.17. The summed E-state index contributed by atoms with van der Waals surface area (Å²) in [5.41, 5.74) is 0.309. The van der Waals surface area contributed by atoms with E-state index in [4.69, 9.17) is 9.16 Å². The Morgan fingerprint density at radius 1 is 1.45 bits per heavy atom. The van der Waals surface area contributed by atoms with Crippen LogP contribution in [0.5, 0.6) is 0 Å². The van der Waals surface area contributed by atoms with Crippen molar-refractivity contribution in [3.8, 4) is 0 Å². The van der Waals surface area contributed by atoms with E-state index in [9.17, 15) is 10.1 Å². The molecule has 1 saturated carbocycles. The predicted octanol–water partition coefficient (Wildman–Crippen LogP) is 3.72. The van der Waals surface area contributed by atoms with Crippen LogP contribution in [-0.2, 0) is 9.16 Å². The van der Waals surface area contributed by atoms with Gasteiger partial charge < -0.3 is 9.16 Å². The zero-order valence-electron chi connectivity index (χ0n) is 13.0. The number of ether oxygens (including phenoxy) is 1. The summed E-state index contributed by atoms with van der Waals surface area (Å²) in [6.45, 7) is 6.40. The molecule has 1 fully saturated rings. The lowest BCUT2D eigenvalue weighted by Crippen LogP contribution is -2.30. The topological polar surface area (TPSA) is 74.5 Å². The SMILES string of the molecule is C[Si](C)(C)OC1=CC2(CC2)OC(c2ccncc2[N+](=O)[O-])C1. The van der Waals surface area contributed by atoms with Crippen molar-refractivity contribution in [3.05, 3.63) is 46.0 Å². The summed E-state index contributed by atoms with van der Waals surface area (Å²) in [7, 11) is -1.72. The zero-order chi connectivity index (χ0) is 16.0. The quantitative estimate of drug-likeness (QED) is 0.480. The molecule has 3 rings (SSSR count). The van der Waals surface area contributed by atoms with Crippen LogP contribution in [0.3, 0.4) is 0 Å². The lowest BCUT2D eigenvalue weighted by Gasteiger charge is -2.32. The van der Waals surface area contributed by atoms with Gasteiger partial charge in [0.2, 0.25) is 8.32 Å². The number of pyridine rings is 1. The van der Waals surface area contributed by atoms with Crippen molar-refractivity contribution < 1.29 is 14.1 Å². The van der Waals surface area contributed by atoms with Crippen molar-refractivity contribution in [2.45, 2.75) is 50.6 Å². The van der Waals surface area contributed by atoms with E-state index in [2.05, 4.69) is 30.7 Å². The maximum atomic E-state index is 11.2. The van der Waals surface area contributed by atoms with Crippen molar-refractivity contribution in [2.24, 2.45) is 0 Å². The lowest BCUT2D eigenvalue weighted by atomic mass is 10.0. The number of nitrogens with zero attached hydrogens (tertiary/aromatic N) is 2. The van der Waals surface area contributed by atoms with E-state index < -0.39 is 13.2 Å². The predicted molar refractivity (Wildman–Crippen MR) is 83.8 cm³/mol. The van der Waals surface area contributed by atoms with Gasteiger partial charge in [-0.1, -0.05) is 0 Å². The molecule has 2 aliphatic rings. The minimum absolute atomic E-state index is 0.0116. The first kappa shape index (κ1) is 15.2. The van der Waals surface area contributed by atoms with Gasteiger partial charge in [-0.2, -0.15) is 0 Å². The average molecular weight is 320 g/mol. The molecule has 0 amide bonds. The molecule has 7 heteroatoms. The van der Waals surface area contributed by atoms with Gasteiger partial charge in [0.05, 0.1) is 28.0 Å². The van der Waals surface area contributed by atoms with Crippen LogP contribution in [0.4, 0.5) is 5.69 Å². The van der Waals surface area contributed by atoms with Crippen LogP contribution in [-0.4, -0.2) is 23.8 Å².